The Hall–Kier alpha value is -3.79. The number of ketones is 1. The van der Waals surface area contributed by atoms with E-state index in [2.05, 4.69) is 38.1 Å². The molecule has 154 valence electrons. The lowest BCUT2D eigenvalue weighted by atomic mass is 10.1. The highest BCUT2D eigenvalue weighted by Crippen LogP contribution is 2.36. The fourth-order valence-corrected chi connectivity index (χ4v) is 4.00. The third-order valence-electron chi connectivity index (χ3n) is 5.75. The molecule has 4 nitrogen and oxygen atoms in total. The Morgan fingerprint density at radius 1 is 1.03 bits per heavy atom. The van der Waals surface area contributed by atoms with Crippen LogP contribution in [0.4, 0.5) is 0 Å². The summed E-state index contributed by atoms with van der Waals surface area (Å²) in [6.45, 7) is 4.62. The second kappa shape index (κ2) is 7.47. The standard InChI is InChI=1S/C27H23NO3/c1-17-8-9-18(2)20(12-17)16-30-21-10-11-23-25(14-21)31-26(27(23)29)13-19-15-28(3)24-7-5-4-6-22(19)24/h4-15H,16H2,1-3H3. The van der Waals surface area contributed by atoms with Gasteiger partial charge in [0.25, 0.3) is 0 Å². The van der Waals surface area contributed by atoms with Gasteiger partial charge in [-0.1, -0.05) is 42.0 Å². The smallest absolute Gasteiger partial charge is 0.231 e. The van der Waals surface area contributed by atoms with E-state index in [-0.39, 0.29) is 5.78 Å². The van der Waals surface area contributed by atoms with Crippen LogP contribution < -0.4 is 9.47 Å². The largest absolute Gasteiger partial charge is 0.489 e. The van der Waals surface area contributed by atoms with Crippen LogP contribution in [0.25, 0.3) is 17.0 Å². The molecule has 1 aromatic heterocycles. The van der Waals surface area contributed by atoms with Crippen molar-refractivity contribution in [2.24, 2.45) is 7.05 Å². The Morgan fingerprint density at radius 3 is 2.74 bits per heavy atom. The Labute approximate surface area is 181 Å². The van der Waals surface area contributed by atoms with E-state index in [1.54, 1.807) is 12.1 Å². The van der Waals surface area contributed by atoms with Gasteiger partial charge in [-0.25, -0.2) is 0 Å². The van der Waals surface area contributed by atoms with Crippen LogP contribution in [-0.2, 0) is 13.7 Å². The molecule has 31 heavy (non-hydrogen) atoms. The van der Waals surface area contributed by atoms with Crippen LogP contribution in [0.3, 0.4) is 0 Å². The number of hydrogen-bond acceptors (Lipinski definition) is 3. The average Bonchev–Trinajstić information content (AvgIpc) is 3.25. The highest BCUT2D eigenvalue weighted by molar-refractivity contribution is 6.15. The maximum Gasteiger partial charge on any atom is 0.231 e. The average molecular weight is 409 g/mol. The van der Waals surface area contributed by atoms with Crippen molar-refractivity contribution in [1.29, 1.82) is 0 Å². The van der Waals surface area contributed by atoms with E-state index in [0.29, 0.717) is 29.4 Å². The van der Waals surface area contributed by atoms with Crippen molar-refractivity contribution in [2.75, 3.05) is 0 Å². The normalized spacial score (nSPS) is 14.2. The van der Waals surface area contributed by atoms with Crippen molar-refractivity contribution in [2.45, 2.75) is 20.5 Å². The Morgan fingerprint density at radius 2 is 1.87 bits per heavy atom. The van der Waals surface area contributed by atoms with Gasteiger partial charge in [-0.05, 0) is 49.2 Å². The summed E-state index contributed by atoms with van der Waals surface area (Å²) in [7, 11) is 2.00. The number of aryl methyl sites for hydroxylation is 3. The molecule has 3 aromatic carbocycles. The number of fused-ring (bicyclic) bond motifs is 2. The van der Waals surface area contributed by atoms with Crippen molar-refractivity contribution in [3.8, 4) is 11.5 Å². The van der Waals surface area contributed by atoms with Crippen LogP contribution in [0.2, 0.25) is 0 Å². The fraction of sp³-hybridized carbons (Fsp3) is 0.148. The van der Waals surface area contributed by atoms with Gasteiger partial charge < -0.3 is 14.0 Å². The van der Waals surface area contributed by atoms with Gasteiger partial charge in [-0.3, -0.25) is 4.79 Å². The predicted octanol–water partition coefficient (Wildman–Crippen LogP) is 5.99. The molecular weight excluding hydrogens is 386 g/mol. The van der Waals surface area contributed by atoms with Crippen molar-refractivity contribution in [3.05, 3.63) is 100 Å². The predicted molar refractivity (Wildman–Crippen MR) is 123 cm³/mol. The van der Waals surface area contributed by atoms with Crippen molar-refractivity contribution < 1.29 is 14.3 Å². The number of aromatic nitrogens is 1. The van der Waals surface area contributed by atoms with Gasteiger partial charge in [0.05, 0.1) is 5.56 Å². The SMILES string of the molecule is Cc1ccc(C)c(COc2ccc3c(c2)OC(=Cc2cn(C)c4ccccc24)C3=O)c1. The summed E-state index contributed by atoms with van der Waals surface area (Å²) in [5.41, 5.74) is 6.17. The summed E-state index contributed by atoms with van der Waals surface area (Å²) in [5.74, 6) is 1.44. The maximum absolute atomic E-state index is 12.9. The minimum absolute atomic E-state index is 0.107. The van der Waals surface area contributed by atoms with Crippen LogP contribution >= 0.6 is 0 Å². The molecule has 1 aliphatic heterocycles. The highest BCUT2D eigenvalue weighted by atomic mass is 16.5. The zero-order valence-electron chi connectivity index (χ0n) is 17.8. The number of hydrogen-bond donors (Lipinski definition) is 0. The number of carbonyl (C=O) groups is 1. The summed E-state index contributed by atoms with van der Waals surface area (Å²) in [5, 5.41) is 1.09. The molecule has 2 heterocycles. The van der Waals surface area contributed by atoms with E-state index in [4.69, 9.17) is 9.47 Å². The number of ether oxygens (including phenoxy) is 2. The first-order chi connectivity index (χ1) is 15.0. The summed E-state index contributed by atoms with van der Waals surface area (Å²) in [4.78, 5) is 12.9. The highest BCUT2D eigenvalue weighted by Gasteiger charge is 2.28. The zero-order valence-corrected chi connectivity index (χ0v) is 17.8. The molecular formula is C27H23NO3. The van der Waals surface area contributed by atoms with E-state index >= 15 is 0 Å². The van der Waals surface area contributed by atoms with E-state index < -0.39 is 0 Å². The number of Topliss-reactive ketones (excluding diaryl/α,β-unsaturated/α-hetero) is 1. The summed E-state index contributed by atoms with van der Waals surface area (Å²) in [6, 6.07) is 19.8. The summed E-state index contributed by atoms with van der Waals surface area (Å²) in [6.07, 6.45) is 3.83. The number of nitrogens with zero attached hydrogens (tertiary/aromatic N) is 1. The van der Waals surface area contributed by atoms with Crippen LogP contribution in [0.5, 0.6) is 11.5 Å². The zero-order chi connectivity index (χ0) is 21.5. The number of rotatable bonds is 4. The van der Waals surface area contributed by atoms with Crippen molar-refractivity contribution >= 4 is 22.8 Å². The first kappa shape index (κ1) is 19.2. The molecule has 0 saturated heterocycles. The molecule has 5 rings (SSSR count). The number of allylic oxidation sites excluding steroid dienone is 1. The molecule has 0 fully saturated rings. The topological polar surface area (TPSA) is 40.5 Å². The number of carbonyl (C=O) groups excluding carboxylic acids is 1. The maximum atomic E-state index is 12.9. The first-order valence-corrected chi connectivity index (χ1v) is 10.3. The summed E-state index contributed by atoms with van der Waals surface area (Å²) < 4.78 is 14.0. The minimum atomic E-state index is -0.107. The second-order valence-electron chi connectivity index (χ2n) is 8.03. The lowest BCUT2D eigenvalue weighted by Crippen LogP contribution is -1.99. The molecule has 0 unspecified atom stereocenters. The molecule has 1 aliphatic rings. The van der Waals surface area contributed by atoms with E-state index in [9.17, 15) is 4.79 Å². The Bertz CT molecular complexity index is 1360. The van der Waals surface area contributed by atoms with Gasteiger partial charge in [-0.15, -0.1) is 0 Å². The monoisotopic (exact) mass is 409 g/mol. The molecule has 0 radical (unpaired) electrons. The first-order valence-electron chi connectivity index (χ1n) is 10.3. The lowest BCUT2D eigenvalue weighted by Gasteiger charge is -2.10. The third-order valence-corrected chi connectivity index (χ3v) is 5.75. The van der Waals surface area contributed by atoms with Gasteiger partial charge in [0.1, 0.15) is 18.1 Å². The molecule has 0 saturated carbocycles. The molecule has 0 amide bonds. The molecule has 0 atom stereocenters. The minimum Gasteiger partial charge on any atom is -0.489 e. The van der Waals surface area contributed by atoms with Gasteiger partial charge in [-0.2, -0.15) is 0 Å². The van der Waals surface area contributed by atoms with E-state index in [0.717, 1.165) is 22.0 Å². The molecule has 4 aromatic rings. The molecule has 0 aliphatic carbocycles. The van der Waals surface area contributed by atoms with E-state index in [1.165, 1.54) is 11.1 Å². The number of para-hydroxylation sites is 1. The van der Waals surface area contributed by atoms with Crippen LogP contribution in [0.1, 0.15) is 32.6 Å². The summed E-state index contributed by atoms with van der Waals surface area (Å²) >= 11 is 0. The lowest BCUT2D eigenvalue weighted by molar-refractivity contribution is 0.101. The molecule has 4 heteroatoms. The van der Waals surface area contributed by atoms with Crippen LogP contribution in [-0.4, -0.2) is 10.4 Å². The quantitative estimate of drug-likeness (QED) is 0.389. The van der Waals surface area contributed by atoms with Gasteiger partial charge in [0, 0.05) is 35.8 Å². The van der Waals surface area contributed by atoms with Gasteiger partial charge >= 0.3 is 0 Å². The Kier molecular flexibility index (Phi) is 4.63. The van der Waals surface area contributed by atoms with Gasteiger partial charge in [0.2, 0.25) is 5.78 Å². The van der Waals surface area contributed by atoms with Gasteiger partial charge in [0.15, 0.2) is 5.76 Å². The van der Waals surface area contributed by atoms with Crippen LogP contribution in [0.15, 0.2) is 72.6 Å². The van der Waals surface area contributed by atoms with Crippen LogP contribution in [0, 0.1) is 13.8 Å². The molecule has 0 bridgehead atoms. The molecule has 0 spiro atoms. The third kappa shape index (κ3) is 3.50. The van der Waals surface area contributed by atoms with Crippen molar-refractivity contribution in [1.82, 2.24) is 4.57 Å². The molecule has 0 N–H and O–H groups in total. The fourth-order valence-electron chi connectivity index (χ4n) is 4.00. The second-order valence-corrected chi connectivity index (χ2v) is 8.03. The number of benzene rings is 3. The Balaban J connectivity index is 1.39. The van der Waals surface area contributed by atoms with E-state index in [1.807, 2.05) is 48.2 Å². The van der Waals surface area contributed by atoms with Crippen molar-refractivity contribution in [3.63, 3.8) is 0 Å².